The molecule has 1 aliphatic heterocycles. The molecule has 0 aromatic heterocycles. The van der Waals surface area contributed by atoms with Crippen LogP contribution in [0, 0.1) is 0 Å². The van der Waals surface area contributed by atoms with E-state index in [0.29, 0.717) is 17.1 Å². The number of epoxide rings is 1. The summed E-state index contributed by atoms with van der Waals surface area (Å²) in [5.74, 6) is -0.108. The zero-order chi connectivity index (χ0) is 9.97. The molecular weight excluding hydrogens is 202 g/mol. The molecule has 1 saturated heterocycles. The van der Waals surface area contributed by atoms with E-state index in [0.717, 1.165) is 6.61 Å². The maximum Gasteiger partial charge on any atom is 0.251 e. The first-order chi connectivity index (χ1) is 6.75. The molecule has 2 rings (SSSR count). The zero-order valence-electron chi connectivity index (χ0n) is 7.50. The number of halogens is 1. The van der Waals surface area contributed by atoms with Crippen LogP contribution in [-0.2, 0) is 4.74 Å². The van der Waals surface area contributed by atoms with Crippen LogP contribution in [0.2, 0.25) is 5.02 Å². The van der Waals surface area contributed by atoms with Gasteiger partial charge in [0.25, 0.3) is 5.91 Å². The Morgan fingerprint density at radius 2 is 2.43 bits per heavy atom. The van der Waals surface area contributed by atoms with Crippen LogP contribution in [-0.4, -0.2) is 25.2 Å². The molecule has 0 radical (unpaired) electrons. The van der Waals surface area contributed by atoms with Crippen molar-refractivity contribution in [2.24, 2.45) is 0 Å². The van der Waals surface area contributed by atoms with Gasteiger partial charge in [0.2, 0.25) is 0 Å². The molecule has 3 nitrogen and oxygen atoms in total. The third-order valence-corrected chi connectivity index (χ3v) is 2.21. The maximum absolute atomic E-state index is 11.5. The fraction of sp³-hybridized carbons (Fsp3) is 0.300. The van der Waals surface area contributed by atoms with Gasteiger partial charge in [-0.05, 0) is 18.2 Å². The summed E-state index contributed by atoms with van der Waals surface area (Å²) in [6.07, 6.45) is 0.207. The molecule has 4 heteroatoms. The summed E-state index contributed by atoms with van der Waals surface area (Å²) >= 11 is 5.76. The van der Waals surface area contributed by atoms with Gasteiger partial charge in [0.1, 0.15) is 0 Å². The monoisotopic (exact) mass is 211 g/mol. The summed E-state index contributed by atoms with van der Waals surface area (Å²) in [6, 6.07) is 6.87. The molecule has 1 fully saturated rings. The number of nitrogens with one attached hydrogen (secondary N) is 1. The van der Waals surface area contributed by atoms with Gasteiger partial charge >= 0.3 is 0 Å². The highest BCUT2D eigenvalue weighted by molar-refractivity contribution is 6.30. The molecule has 1 heterocycles. The Balaban J connectivity index is 1.95. The Morgan fingerprint density at radius 3 is 3.07 bits per heavy atom. The van der Waals surface area contributed by atoms with E-state index in [1.54, 1.807) is 24.3 Å². The molecule has 1 aliphatic rings. The molecule has 0 saturated carbocycles. The van der Waals surface area contributed by atoms with E-state index < -0.39 is 0 Å². The van der Waals surface area contributed by atoms with Crippen LogP contribution >= 0.6 is 11.6 Å². The molecule has 1 aromatic carbocycles. The molecule has 1 N–H and O–H groups in total. The van der Waals surface area contributed by atoms with Crippen molar-refractivity contribution >= 4 is 17.5 Å². The average molecular weight is 212 g/mol. The van der Waals surface area contributed by atoms with E-state index in [1.807, 2.05) is 0 Å². The predicted molar refractivity (Wildman–Crippen MR) is 53.5 cm³/mol. The van der Waals surface area contributed by atoms with Crippen LogP contribution < -0.4 is 5.32 Å². The fourth-order valence-corrected chi connectivity index (χ4v) is 1.31. The van der Waals surface area contributed by atoms with Crippen molar-refractivity contribution in [3.8, 4) is 0 Å². The lowest BCUT2D eigenvalue weighted by Gasteiger charge is -2.02. The van der Waals surface area contributed by atoms with Crippen LogP contribution in [0.3, 0.4) is 0 Å². The van der Waals surface area contributed by atoms with Crippen molar-refractivity contribution in [3.05, 3.63) is 34.9 Å². The van der Waals surface area contributed by atoms with Crippen molar-refractivity contribution < 1.29 is 9.53 Å². The lowest BCUT2D eigenvalue weighted by atomic mass is 10.2. The zero-order valence-corrected chi connectivity index (χ0v) is 8.25. The number of benzene rings is 1. The van der Waals surface area contributed by atoms with Crippen molar-refractivity contribution in [1.82, 2.24) is 5.32 Å². The fourth-order valence-electron chi connectivity index (χ4n) is 1.12. The first kappa shape index (κ1) is 9.49. The molecule has 1 amide bonds. The number of carbonyl (C=O) groups excluding carboxylic acids is 1. The van der Waals surface area contributed by atoms with Gasteiger partial charge in [-0.25, -0.2) is 0 Å². The maximum atomic E-state index is 11.5. The first-order valence-corrected chi connectivity index (χ1v) is 4.79. The largest absolute Gasteiger partial charge is 0.371 e. The van der Waals surface area contributed by atoms with Crippen LogP contribution in [0.4, 0.5) is 0 Å². The minimum atomic E-state index is -0.108. The summed E-state index contributed by atoms with van der Waals surface area (Å²) in [6.45, 7) is 1.32. The highest BCUT2D eigenvalue weighted by Gasteiger charge is 2.22. The van der Waals surface area contributed by atoms with Gasteiger partial charge in [-0.15, -0.1) is 0 Å². The first-order valence-electron chi connectivity index (χ1n) is 4.41. The summed E-state index contributed by atoms with van der Waals surface area (Å²) in [4.78, 5) is 11.5. The molecular formula is C10H10ClNO2. The van der Waals surface area contributed by atoms with E-state index in [2.05, 4.69) is 5.32 Å². The number of amides is 1. The summed E-state index contributed by atoms with van der Waals surface area (Å²) in [7, 11) is 0. The molecule has 1 unspecified atom stereocenters. The van der Waals surface area contributed by atoms with E-state index in [4.69, 9.17) is 16.3 Å². The van der Waals surface area contributed by atoms with E-state index in [1.165, 1.54) is 0 Å². The third kappa shape index (κ3) is 2.47. The molecule has 1 atom stereocenters. The summed E-state index contributed by atoms with van der Waals surface area (Å²) in [5, 5.41) is 3.34. The SMILES string of the molecule is O=C(NCC1CO1)c1cccc(Cl)c1. The standard InChI is InChI=1S/C10H10ClNO2/c11-8-3-1-2-7(4-8)10(13)12-5-9-6-14-9/h1-4,9H,5-6H2,(H,12,13). The molecule has 0 bridgehead atoms. The topological polar surface area (TPSA) is 41.6 Å². The number of hydrogen-bond donors (Lipinski definition) is 1. The summed E-state index contributed by atoms with van der Waals surface area (Å²) in [5.41, 5.74) is 0.582. The predicted octanol–water partition coefficient (Wildman–Crippen LogP) is 1.47. The Morgan fingerprint density at radius 1 is 1.64 bits per heavy atom. The van der Waals surface area contributed by atoms with Gasteiger partial charge in [0.05, 0.1) is 12.7 Å². The normalized spacial score (nSPS) is 19.1. The van der Waals surface area contributed by atoms with E-state index in [-0.39, 0.29) is 12.0 Å². The van der Waals surface area contributed by atoms with Crippen molar-refractivity contribution in [3.63, 3.8) is 0 Å². The molecule has 74 valence electrons. The quantitative estimate of drug-likeness (QED) is 0.770. The smallest absolute Gasteiger partial charge is 0.251 e. The second-order valence-corrected chi connectivity index (χ2v) is 3.61. The van der Waals surface area contributed by atoms with Crippen LogP contribution in [0.25, 0.3) is 0 Å². The molecule has 14 heavy (non-hydrogen) atoms. The minimum absolute atomic E-state index is 0.108. The van der Waals surface area contributed by atoms with Crippen LogP contribution in [0.5, 0.6) is 0 Å². The third-order valence-electron chi connectivity index (χ3n) is 1.98. The van der Waals surface area contributed by atoms with Crippen molar-refractivity contribution in [1.29, 1.82) is 0 Å². The molecule has 0 aliphatic carbocycles. The van der Waals surface area contributed by atoms with Gasteiger partial charge in [-0.1, -0.05) is 17.7 Å². The molecule has 1 aromatic rings. The number of hydrogen-bond acceptors (Lipinski definition) is 2. The lowest BCUT2D eigenvalue weighted by Crippen LogP contribution is -2.27. The van der Waals surface area contributed by atoms with Crippen molar-refractivity contribution in [2.75, 3.05) is 13.2 Å². The van der Waals surface area contributed by atoms with Gasteiger partial charge in [0.15, 0.2) is 0 Å². The second kappa shape index (κ2) is 3.98. The average Bonchev–Trinajstić information content (AvgIpc) is 2.97. The van der Waals surface area contributed by atoms with Gasteiger partial charge < -0.3 is 10.1 Å². The van der Waals surface area contributed by atoms with Gasteiger partial charge in [-0.2, -0.15) is 0 Å². The highest BCUT2D eigenvalue weighted by Crippen LogP contribution is 2.11. The van der Waals surface area contributed by atoms with Gasteiger partial charge in [0, 0.05) is 17.1 Å². The van der Waals surface area contributed by atoms with Crippen LogP contribution in [0.15, 0.2) is 24.3 Å². The van der Waals surface area contributed by atoms with E-state index in [9.17, 15) is 4.79 Å². The molecule has 0 spiro atoms. The Bertz CT molecular complexity index is 350. The summed E-state index contributed by atoms with van der Waals surface area (Å²) < 4.78 is 4.98. The lowest BCUT2D eigenvalue weighted by molar-refractivity contribution is 0.0950. The van der Waals surface area contributed by atoms with E-state index >= 15 is 0 Å². The number of ether oxygens (including phenoxy) is 1. The van der Waals surface area contributed by atoms with Crippen LogP contribution in [0.1, 0.15) is 10.4 Å². The van der Waals surface area contributed by atoms with Gasteiger partial charge in [-0.3, -0.25) is 4.79 Å². The van der Waals surface area contributed by atoms with Crippen molar-refractivity contribution in [2.45, 2.75) is 6.10 Å². The number of rotatable bonds is 3. The number of carbonyl (C=O) groups is 1. The Labute approximate surface area is 87.0 Å². The minimum Gasteiger partial charge on any atom is -0.371 e. The second-order valence-electron chi connectivity index (χ2n) is 3.18. The Hall–Kier alpha value is -1.06. The Kier molecular flexibility index (Phi) is 2.70. The highest BCUT2D eigenvalue weighted by atomic mass is 35.5.